The van der Waals surface area contributed by atoms with E-state index in [9.17, 15) is 19.2 Å². The minimum absolute atomic E-state index is 0.0385. The number of hydrogen-bond acceptors (Lipinski definition) is 9. The van der Waals surface area contributed by atoms with Crippen LogP contribution in [0.2, 0.25) is 0 Å². The van der Waals surface area contributed by atoms with Crippen LogP contribution in [0.15, 0.2) is 0 Å². The summed E-state index contributed by atoms with van der Waals surface area (Å²) >= 11 is 0. The third-order valence-corrected chi connectivity index (χ3v) is 4.74. The second-order valence-corrected chi connectivity index (χ2v) is 7.29. The predicted molar refractivity (Wildman–Crippen MR) is 89.3 cm³/mol. The summed E-state index contributed by atoms with van der Waals surface area (Å²) in [4.78, 5) is 48.0. The van der Waals surface area contributed by atoms with Gasteiger partial charge in [-0.15, -0.1) is 0 Å². The molecule has 2 fully saturated rings. The van der Waals surface area contributed by atoms with Gasteiger partial charge in [0, 0.05) is 6.42 Å². The molecule has 152 valence electrons. The Hall–Kier alpha value is -2.00. The molecule has 0 aromatic rings. The summed E-state index contributed by atoms with van der Waals surface area (Å²) in [6, 6.07) is 0. The van der Waals surface area contributed by atoms with Crippen LogP contribution in [0.1, 0.15) is 47.5 Å². The number of ether oxygens (including phenoxy) is 5. The molecule has 0 saturated carbocycles. The lowest BCUT2D eigenvalue weighted by molar-refractivity contribution is -0.192. The molecule has 2 rings (SSSR count). The van der Waals surface area contributed by atoms with Crippen LogP contribution >= 0.6 is 0 Å². The summed E-state index contributed by atoms with van der Waals surface area (Å²) in [6.07, 6.45) is -2.51. The second kappa shape index (κ2) is 7.93. The van der Waals surface area contributed by atoms with E-state index in [0.717, 1.165) is 0 Å². The van der Waals surface area contributed by atoms with Gasteiger partial charge in [0.1, 0.15) is 23.9 Å². The lowest BCUT2D eigenvalue weighted by Gasteiger charge is -2.26. The van der Waals surface area contributed by atoms with Gasteiger partial charge in [-0.05, 0) is 41.0 Å². The number of fused-ring (bicyclic) bond motifs is 1. The standard InChI is InChI=1S/C18H26O9/c1-6-23-12(20)7-8-18(5,10(2)19)16(22)24-9-11-13-14(15(21)25-11)27-17(3,4)26-13/h11,13-14H,6-9H2,1-5H3/t11-,13-,14-,18+/m1/s1. The van der Waals surface area contributed by atoms with E-state index in [1.807, 2.05) is 0 Å². The van der Waals surface area contributed by atoms with Crippen LogP contribution in [0.5, 0.6) is 0 Å². The maximum Gasteiger partial charge on any atom is 0.338 e. The molecule has 0 unspecified atom stereocenters. The molecule has 0 aromatic heterocycles. The molecule has 2 aliphatic heterocycles. The third-order valence-electron chi connectivity index (χ3n) is 4.74. The quantitative estimate of drug-likeness (QED) is 0.341. The van der Waals surface area contributed by atoms with E-state index in [1.165, 1.54) is 13.8 Å². The normalized spacial score (nSPS) is 28.0. The Morgan fingerprint density at radius 2 is 1.85 bits per heavy atom. The number of carbonyl (C=O) groups excluding carboxylic acids is 4. The SMILES string of the molecule is CCOC(=O)CC[C@@](C)(C(C)=O)C(=O)OC[C@H]1OC(=O)[C@@H]2OC(C)(C)O[C@H]12. The Kier molecular flexibility index (Phi) is 6.26. The molecule has 0 aromatic carbocycles. The average molecular weight is 386 g/mol. The molecule has 0 bridgehead atoms. The maximum atomic E-state index is 12.5. The van der Waals surface area contributed by atoms with Gasteiger partial charge in [0.25, 0.3) is 0 Å². The van der Waals surface area contributed by atoms with Crippen molar-refractivity contribution >= 4 is 23.7 Å². The first-order chi connectivity index (χ1) is 12.5. The Balaban J connectivity index is 1.97. The summed E-state index contributed by atoms with van der Waals surface area (Å²) in [7, 11) is 0. The first kappa shape index (κ1) is 21.3. The summed E-state index contributed by atoms with van der Waals surface area (Å²) in [5.74, 6) is -3.24. The highest BCUT2D eigenvalue weighted by Gasteiger charge is 2.56. The van der Waals surface area contributed by atoms with Gasteiger partial charge in [-0.1, -0.05) is 0 Å². The Labute approximate surface area is 157 Å². The zero-order valence-corrected chi connectivity index (χ0v) is 16.2. The van der Waals surface area contributed by atoms with E-state index in [4.69, 9.17) is 23.7 Å². The Morgan fingerprint density at radius 3 is 2.44 bits per heavy atom. The number of hydrogen-bond donors (Lipinski definition) is 0. The van der Waals surface area contributed by atoms with Crippen LogP contribution in [0.4, 0.5) is 0 Å². The molecule has 0 N–H and O–H groups in total. The fourth-order valence-corrected chi connectivity index (χ4v) is 2.98. The number of Topliss-reactive ketones (excluding diaryl/α,β-unsaturated/α-hetero) is 1. The molecule has 0 aliphatic carbocycles. The monoisotopic (exact) mass is 386 g/mol. The summed E-state index contributed by atoms with van der Waals surface area (Å²) in [5, 5.41) is 0. The van der Waals surface area contributed by atoms with E-state index in [-0.39, 0.29) is 26.1 Å². The molecular formula is C18H26O9. The van der Waals surface area contributed by atoms with Crippen molar-refractivity contribution in [1.29, 1.82) is 0 Å². The van der Waals surface area contributed by atoms with Crippen molar-refractivity contribution in [3.63, 3.8) is 0 Å². The Bertz CT molecular complexity index is 626. The van der Waals surface area contributed by atoms with E-state index >= 15 is 0 Å². The largest absolute Gasteiger partial charge is 0.466 e. The van der Waals surface area contributed by atoms with Crippen molar-refractivity contribution in [2.24, 2.45) is 5.41 Å². The number of carbonyl (C=O) groups is 4. The molecule has 2 heterocycles. The lowest BCUT2D eigenvalue weighted by Crippen LogP contribution is -2.40. The molecule has 9 heteroatoms. The number of cyclic esters (lactones) is 1. The van der Waals surface area contributed by atoms with Crippen LogP contribution in [-0.4, -0.2) is 61.0 Å². The highest BCUT2D eigenvalue weighted by atomic mass is 16.8. The minimum Gasteiger partial charge on any atom is -0.466 e. The van der Waals surface area contributed by atoms with E-state index < -0.39 is 53.2 Å². The smallest absolute Gasteiger partial charge is 0.338 e. The summed E-state index contributed by atoms with van der Waals surface area (Å²) in [6.45, 7) is 7.63. The van der Waals surface area contributed by atoms with Crippen LogP contribution in [-0.2, 0) is 42.9 Å². The molecule has 2 aliphatic rings. The van der Waals surface area contributed by atoms with Crippen molar-refractivity contribution in [3.8, 4) is 0 Å². The second-order valence-electron chi connectivity index (χ2n) is 7.29. The van der Waals surface area contributed by atoms with Gasteiger partial charge in [0.15, 0.2) is 18.0 Å². The van der Waals surface area contributed by atoms with Gasteiger partial charge in [0.2, 0.25) is 0 Å². The van der Waals surface area contributed by atoms with Crippen molar-refractivity contribution in [1.82, 2.24) is 0 Å². The Morgan fingerprint density at radius 1 is 1.19 bits per heavy atom. The zero-order valence-electron chi connectivity index (χ0n) is 16.2. The van der Waals surface area contributed by atoms with Crippen LogP contribution in [0.25, 0.3) is 0 Å². The van der Waals surface area contributed by atoms with Crippen molar-refractivity contribution < 1.29 is 42.9 Å². The van der Waals surface area contributed by atoms with Crippen LogP contribution in [0, 0.1) is 5.41 Å². The number of rotatable bonds is 8. The zero-order chi connectivity index (χ0) is 20.4. The first-order valence-corrected chi connectivity index (χ1v) is 8.90. The van der Waals surface area contributed by atoms with Crippen molar-refractivity contribution in [2.45, 2.75) is 71.6 Å². The molecule has 2 saturated heterocycles. The first-order valence-electron chi connectivity index (χ1n) is 8.90. The highest BCUT2D eigenvalue weighted by Crippen LogP contribution is 2.36. The molecule has 4 atom stereocenters. The van der Waals surface area contributed by atoms with Gasteiger partial charge >= 0.3 is 17.9 Å². The molecular weight excluding hydrogens is 360 g/mol. The maximum absolute atomic E-state index is 12.5. The summed E-state index contributed by atoms with van der Waals surface area (Å²) in [5.41, 5.74) is -1.50. The molecule has 27 heavy (non-hydrogen) atoms. The van der Waals surface area contributed by atoms with E-state index in [2.05, 4.69) is 0 Å². The van der Waals surface area contributed by atoms with E-state index in [1.54, 1.807) is 20.8 Å². The topological polar surface area (TPSA) is 114 Å². The van der Waals surface area contributed by atoms with Crippen LogP contribution in [0.3, 0.4) is 0 Å². The van der Waals surface area contributed by atoms with Gasteiger partial charge in [-0.2, -0.15) is 0 Å². The molecule has 0 spiro atoms. The number of esters is 3. The van der Waals surface area contributed by atoms with Gasteiger partial charge in [-0.25, -0.2) is 4.79 Å². The fourth-order valence-electron chi connectivity index (χ4n) is 2.98. The average Bonchev–Trinajstić information content (AvgIpc) is 3.04. The predicted octanol–water partition coefficient (Wildman–Crippen LogP) is 0.914. The van der Waals surface area contributed by atoms with Gasteiger partial charge in [-0.3, -0.25) is 14.4 Å². The molecule has 9 nitrogen and oxygen atoms in total. The van der Waals surface area contributed by atoms with E-state index in [0.29, 0.717) is 0 Å². The highest BCUT2D eigenvalue weighted by molar-refractivity contribution is 6.02. The molecule has 0 radical (unpaired) electrons. The fraction of sp³-hybridized carbons (Fsp3) is 0.778. The van der Waals surface area contributed by atoms with Crippen molar-refractivity contribution in [2.75, 3.05) is 13.2 Å². The number of ketones is 1. The molecule has 0 amide bonds. The van der Waals surface area contributed by atoms with Gasteiger partial charge < -0.3 is 23.7 Å². The lowest BCUT2D eigenvalue weighted by atomic mass is 9.81. The van der Waals surface area contributed by atoms with Crippen molar-refractivity contribution in [3.05, 3.63) is 0 Å². The summed E-state index contributed by atoms with van der Waals surface area (Å²) < 4.78 is 26.3. The minimum atomic E-state index is -1.50. The third kappa shape index (κ3) is 4.65. The van der Waals surface area contributed by atoms with Crippen LogP contribution < -0.4 is 0 Å². The van der Waals surface area contributed by atoms with Gasteiger partial charge in [0.05, 0.1) is 6.61 Å².